The number of rotatable bonds is 3. The molecule has 2 aliphatic heterocycles. The lowest BCUT2D eigenvalue weighted by Gasteiger charge is -2.35. The highest BCUT2D eigenvalue weighted by Crippen LogP contribution is 2.26. The molecule has 7 heteroatoms. The van der Waals surface area contributed by atoms with E-state index in [1.807, 2.05) is 31.2 Å². The molecule has 0 aliphatic carbocycles. The summed E-state index contributed by atoms with van der Waals surface area (Å²) in [4.78, 5) is 28.7. The average Bonchev–Trinajstić information content (AvgIpc) is 3.18. The topological polar surface area (TPSA) is 64.7 Å². The molecular formula is C21H23FN4O2. The zero-order valence-corrected chi connectivity index (χ0v) is 15.7. The van der Waals surface area contributed by atoms with Gasteiger partial charge in [0.1, 0.15) is 18.4 Å². The molecule has 2 aromatic carbocycles. The summed E-state index contributed by atoms with van der Waals surface area (Å²) in [6, 6.07) is 13.6. The Hall–Kier alpha value is -2.77. The smallest absolute Gasteiger partial charge is 0.246 e. The van der Waals surface area contributed by atoms with Gasteiger partial charge in [0.2, 0.25) is 11.8 Å². The van der Waals surface area contributed by atoms with Crippen molar-refractivity contribution in [3.63, 3.8) is 0 Å². The molecule has 2 unspecified atom stereocenters. The van der Waals surface area contributed by atoms with Gasteiger partial charge in [-0.3, -0.25) is 9.59 Å². The number of carbonyl (C=O) groups excluding carboxylic acids is 2. The van der Waals surface area contributed by atoms with Gasteiger partial charge in [0.15, 0.2) is 0 Å². The number of halogens is 1. The van der Waals surface area contributed by atoms with Crippen LogP contribution in [0.1, 0.15) is 23.6 Å². The van der Waals surface area contributed by atoms with Gasteiger partial charge in [-0.05, 0) is 31.5 Å². The molecule has 0 aromatic heterocycles. The van der Waals surface area contributed by atoms with Gasteiger partial charge in [-0.1, -0.05) is 35.9 Å². The number of hydrazine groups is 1. The van der Waals surface area contributed by atoms with Crippen LogP contribution < -0.4 is 15.8 Å². The number of nitrogens with zero attached hydrogens (tertiary/aromatic N) is 2. The third-order valence-electron chi connectivity index (χ3n) is 5.36. The number of nitrogens with one attached hydrogen (secondary N) is 2. The number of aryl methyl sites for hydroxylation is 1. The standard InChI is InChI=1S/C21H23FN4O2/c1-14-6-8-15(9-7-14)26-11-10-25(13-20(26)27)21(28)19-12-18(23-24-19)16-4-2-3-5-17(16)22/h2-9,18-19,23-24H,10-13H2,1H3. The number of piperazine rings is 1. The van der Waals surface area contributed by atoms with Crippen LogP contribution in [-0.2, 0) is 9.59 Å². The molecule has 28 heavy (non-hydrogen) atoms. The summed E-state index contributed by atoms with van der Waals surface area (Å²) in [5.74, 6) is -0.528. The van der Waals surface area contributed by atoms with Crippen LogP contribution in [0.2, 0.25) is 0 Å². The van der Waals surface area contributed by atoms with Gasteiger partial charge in [-0.25, -0.2) is 15.2 Å². The maximum absolute atomic E-state index is 14.0. The van der Waals surface area contributed by atoms with Gasteiger partial charge in [-0.15, -0.1) is 0 Å². The molecule has 0 radical (unpaired) electrons. The molecule has 2 amide bonds. The Morgan fingerprint density at radius 3 is 2.54 bits per heavy atom. The second kappa shape index (κ2) is 7.69. The fourth-order valence-corrected chi connectivity index (χ4v) is 3.76. The zero-order chi connectivity index (χ0) is 19.7. The van der Waals surface area contributed by atoms with E-state index in [2.05, 4.69) is 10.9 Å². The Kier molecular flexibility index (Phi) is 5.11. The molecule has 6 nitrogen and oxygen atoms in total. The van der Waals surface area contributed by atoms with Crippen molar-refractivity contribution in [1.29, 1.82) is 0 Å². The van der Waals surface area contributed by atoms with Gasteiger partial charge < -0.3 is 9.80 Å². The molecule has 2 aromatic rings. The van der Waals surface area contributed by atoms with E-state index in [1.165, 1.54) is 6.07 Å². The highest BCUT2D eigenvalue weighted by Gasteiger charge is 2.36. The quantitative estimate of drug-likeness (QED) is 0.851. The van der Waals surface area contributed by atoms with E-state index in [4.69, 9.17) is 0 Å². The van der Waals surface area contributed by atoms with Crippen molar-refractivity contribution in [2.45, 2.75) is 25.4 Å². The predicted molar refractivity (Wildman–Crippen MR) is 104 cm³/mol. The van der Waals surface area contributed by atoms with E-state index in [0.717, 1.165) is 11.3 Å². The molecule has 4 rings (SSSR count). The molecular weight excluding hydrogens is 359 g/mol. The molecule has 2 heterocycles. The summed E-state index contributed by atoms with van der Waals surface area (Å²) in [5.41, 5.74) is 8.48. The normalized spacial score (nSPS) is 22.6. The van der Waals surface area contributed by atoms with E-state index in [9.17, 15) is 14.0 Å². The molecule has 0 bridgehead atoms. The summed E-state index contributed by atoms with van der Waals surface area (Å²) in [5, 5.41) is 0. The number of hydrogen-bond donors (Lipinski definition) is 2. The molecule has 2 atom stereocenters. The SMILES string of the molecule is Cc1ccc(N2CCN(C(=O)C3CC(c4ccccc4F)NN3)CC2=O)cc1. The lowest BCUT2D eigenvalue weighted by atomic mass is 10.0. The number of benzene rings is 2. The monoisotopic (exact) mass is 382 g/mol. The van der Waals surface area contributed by atoms with Crippen molar-refractivity contribution in [2.75, 3.05) is 24.5 Å². The first-order valence-electron chi connectivity index (χ1n) is 9.44. The Labute approximate surface area is 163 Å². The summed E-state index contributed by atoms with van der Waals surface area (Å²) in [6.07, 6.45) is 0.437. The molecule has 2 fully saturated rings. The van der Waals surface area contributed by atoms with Gasteiger partial charge in [0.25, 0.3) is 0 Å². The highest BCUT2D eigenvalue weighted by molar-refractivity contribution is 5.98. The number of carbonyl (C=O) groups is 2. The second-order valence-corrected chi connectivity index (χ2v) is 7.29. The molecule has 2 saturated heterocycles. The summed E-state index contributed by atoms with van der Waals surface area (Å²) >= 11 is 0. The first-order chi connectivity index (χ1) is 13.5. The van der Waals surface area contributed by atoms with Crippen molar-refractivity contribution in [2.24, 2.45) is 0 Å². The number of amides is 2. The Morgan fingerprint density at radius 2 is 1.82 bits per heavy atom. The Bertz CT molecular complexity index is 886. The molecule has 2 aliphatic rings. The van der Waals surface area contributed by atoms with Crippen molar-refractivity contribution in [3.8, 4) is 0 Å². The summed E-state index contributed by atoms with van der Waals surface area (Å²) in [6.45, 7) is 2.99. The van der Waals surface area contributed by atoms with Crippen molar-refractivity contribution < 1.29 is 14.0 Å². The van der Waals surface area contributed by atoms with Crippen LogP contribution in [0.15, 0.2) is 48.5 Å². The lowest BCUT2D eigenvalue weighted by molar-refractivity contribution is -0.138. The van der Waals surface area contributed by atoms with Gasteiger partial charge in [-0.2, -0.15) is 0 Å². The second-order valence-electron chi connectivity index (χ2n) is 7.29. The van der Waals surface area contributed by atoms with E-state index in [1.54, 1.807) is 28.0 Å². The minimum absolute atomic E-state index is 0.0508. The van der Waals surface area contributed by atoms with Crippen LogP contribution in [0, 0.1) is 12.7 Å². The van der Waals surface area contributed by atoms with Crippen LogP contribution >= 0.6 is 0 Å². The fourth-order valence-electron chi connectivity index (χ4n) is 3.76. The fraction of sp³-hybridized carbons (Fsp3) is 0.333. The molecule has 0 saturated carbocycles. The minimum Gasteiger partial charge on any atom is -0.330 e. The van der Waals surface area contributed by atoms with E-state index in [-0.39, 0.29) is 30.2 Å². The van der Waals surface area contributed by atoms with Crippen LogP contribution in [0.5, 0.6) is 0 Å². The molecule has 146 valence electrons. The lowest BCUT2D eigenvalue weighted by Crippen LogP contribution is -2.56. The third-order valence-corrected chi connectivity index (χ3v) is 5.36. The molecule has 2 N–H and O–H groups in total. The third kappa shape index (κ3) is 3.63. The van der Waals surface area contributed by atoms with E-state index < -0.39 is 6.04 Å². The Morgan fingerprint density at radius 1 is 1.07 bits per heavy atom. The van der Waals surface area contributed by atoms with Crippen molar-refractivity contribution >= 4 is 17.5 Å². The first-order valence-corrected chi connectivity index (χ1v) is 9.44. The average molecular weight is 382 g/mol. The summed E-state index contributed by atoms with van der Waals surface area (Å²) < 4.78 is 14.0. The summed E-state index contributed by atoms with van der Waals surface area (Å²) in [7, 11) is 0. The van der Waals surface area contributed by atoms with Gasteiger partial charge in [0.05, 0.1) is 6.04 Å². The van der Waals surface area contributed by atoms with E-state index in [0.29, 0.717) is 25.1 Å². The van der Waals surface area contributed by atoms with Gasteiger partial charge >= 0.3 is 0 Å². The van der Waals surface area contributed by atoms with Crippen molar-refractivity contribution in [1.82, 2.24) is 15.8 Å². The highest BCUT2D eigenvalue weighted by atomic mass is 19.1. The van der Waals surface area contributed by atoms with Gasteiger partial charge in [0, 0.05) is 24.3 Å². The number of hydrogen-bond acceptors (Lipinski definition) is 4. The van der Waals surface area contributed by atoms with Crippen LogP contribution in [0.25, 0.3) is 0 Å². The largest absolute Gasteiger partial charge is 0.330 e. The van der Waals surface area contributed by atoms with Crippen LogP contribution in [0.3, 0.4) is 0 Å². The predicted octanol–water partition coefficient (Wildman–Crippen LogP) is 1.92. The number of anilines is 1. The van der Waals surface area contributed by atoms with Crippen LogP contribution in [-0.4, -0.2) is 42.4 Å². The zero-order valence-electron chi connectivity index (χ0n) is 15.7. The van der Waals surface area contributed by atoms with E-state index >= 15 is 0 Å². The minimum atomic E-state index is -0.483. The first kappa shape index (κ1) is 18.6. The molecule has 0 spiro atoms. The van der Waals surface area contributed by atoms with Crippen molar-refractivity contribution in [3.05, 3.63) is 65.5 Å². The maximum Gasteiger partial charge on any atom is 0.246 e. The van der Waals surface area contributed by atoms with Crippen LogP contribution in [0.4, 0.5) is 10.1 Å². The maximum atomic E-state index is 14.0. The Balaban J connectivity index is 1.38.